The number of carbonyl (C=O) groups excluding carboxylic acids is 1. The molecule has 5 heteroatoms. The third-order valence-electron chi connectivity index (χ3n) is 4.07. The van der Waals surface area contributed by atoms with Crippen molar-refractivity contribution in [2.75, 3.05) is 13.2 Å². The molecule has 1 saturated heterocycles. The number of carboxylic acid groups (broad SMARTS) is 1. The van der Waals surface area contributed by atoms with E-state index < -0.39 is 5.97 Å². The molecule has 0 spiro atoms. The van der Waals surface area contributed by atoms with Crippen LogP contribution in [0.3, 0.4) is 0 Å². The summed E-state index contributed by atoms with van der Waals surface area (Å²) in [7, 11) is 0. The molecule has 23 heavy (non-hydrogen) atoms. The number of hydrogen-bond acceptors (Lipinski definition) is 3. The van der Waals surface area contributed by atoms with Gasteiger partial charge in [-0.25, -0.2) is 4.79 Å². The highest BCUT2D eigenvalue weighted by Crippen LogP contribution is 2.25. The lowest BCUT2D eigenvalue weighted by Crippen LogP contribution is -2.39. The normalized spacial score (nSPS) is 20.8. The quantitative estimate of drug-likeness (QED) is 0.875. The first-order chi connectivity index (χ1) is 10.9. The number of amides is 1. The van der Waals surface area contributed by atoms with Gasteiger partial charge in [0, 0.05) is 13.0 Å². The molecule has 0 saturated carbocycles. The minimum atomic E-state index is -0.952. The fourth-order valence-corrected chi connectivity index (χ4v) is 2.97. The third kappa shape index (κ3) is 4.71. The predicted octanol–water partition coefficient (Wildman–Crippen LogP) is 3.05. The number of benzene rings is 1. The van der Waals surface area contributed by atoms with Crippen LogP contribution in [-0.2, 0) is 4.79 Å². The zero-order chi connectivity index (χ0) is 17.0. The van der Waals surface area contributed by atoms with E-state index >= 15 is 0 Å². The molecule has 1 aromatic carbocycles. The Balaban J connectivity index is 1.94. The zero-order valence-electron chi connectivity index (χ0n) is 14.0. The highest BCUT2D eigenvalue weighted by atomic mass is 16.5. The Morgan fingerprint density at radius 2 is 1.96 bits per heavy atom. The highest BCUT2D eigenvalue weighted by Gasteiger charge is 2.33. The first-order valence-electron chi connectivity index (χ1n) is 8.12. The van der Waals surface area contributed by atoms with Crippen molar-refractivity contribution >= 4 is 11.9 Å². The maximum Gasteiger partial charge on any atom is 0.335 e. The van der Waals surface area contributed by atoms with E-state index in [-0.39, 0.29) is 17.5 Å². The van der Waals surface area contributed by atoms with Crippen LogP contribution in [0.2, 0.25) is 0 Å². The summed E-state index contributed by atoms with van der Waals surface area (Å²) in [6.45, 7) is 7.48. The Bertz CT molecular complexity index is 553. The molecule has 0 aliphatic carbocycles. The molecular weight excluding hydrogens is 294 g/mol. The van der Waals surface area contributed by atoms with Crippen molar-refractivity contribution < 1.29 is 19.4 Å². The van der Waals surface area contributed by atoms with E-state index in [1.54, 1.807) is 12.1 Å². The Labute approximate surface area is 137 Å². The standard InChI is InChI=1S/C18H25NO4/c1-12(2)8-17(20)19-10-13(3)9-15(19)11-23-16-6-4-14(5-7-16)18(21)22/h4-7,12-13,15H,8-11H2,1-3H3,(H,21,22). The van der Waals surface area contributed by atoms with E-state index in [2.05, 4.69) is 6.92 Å². The van der Waals surface area contributed by atoms with Crippen LogP contribution in [0.15, 0.2) is 24.3 Å². The molecule has 2 unspecified atom stereocenters. The molecule has 2 atom stereocenters. The lowest BCUT2D eigenvalue weighted by atomic mass is 10.1. The topological polar surface area (TPSA) is 66.8 Å². The maximum atomic E-state index is 12.3. The number of likely N-dealkylation sites (tertiary alicyclic amines) is 1. The molecule has 1 N–H and O–H groups in total. The van der Waals surface area contributed by atoms with Gasteiger partial charge in [-0.1, -0.05) is 20.8 Å². The van der Waals surface area contributed by atoms with Gasteiger partial charge in [-0.3, -0.25) is 4.79 Å². The van der Waals surface area contributed by atoms with E-state index in [9.17, 15) is 9.59 Å². The molecule has 0 bridgehead atoms. The molecule has 126 valence electrons. The predicted molar refractivity (Wildman–Crippen MR) is 87.6 cm³/mol. The van der Waals surface area contributed by atoms with Gasteiger partial charge in [-0.2, -0.15) is 0 Å². The molecule has 2 rings (SSSR count). The summed E-state index contributed by atoms with van der Waals surface area (Å²) in [6.07, 6.45) is 1.51. The van der Waals surface area contributed by atoms with Crippen LogP contribution in [0.25, 0.3) is 0 Å². The van der Waals surface area contributed by atoms with Crippen molar-refractivity contribution in [3.63, 3.8) is 0 Å². The Hall–Kier alpha value is -2.04. The average Bonchev–Trinajstić information content (AvgIpc) is 2.86. The summed E-state index contributed by atoms with van der Waals surface area (Å²) in [5.41, 5.74) is 0.237. The van der Waals surface area contributed by atoms with Gasteiger partial charge in [-0.15, -0.1) is 0 Å². The second-order valence-corrected chi connectivity index (χ2v) is 6.78. The molecule has 1 fully saturated rings. The first kappa shape index (κ1) is 17.3. The van der Waals surface area contributed by atoms with Gasteiger partial charge < -0.3 is 14.7 Å². The number of rotatable bonds is 6. The number of hydrogen-bond donors (Lipinski definition) is 1. The Morgan fingerprint density at radius 3 is 2.52 bits per heavy atom. The molecule has 0 radical (unpaired) electrons. The van der Waals surface area contributed by atoms with Crippen LogP contribution in [-0.4, -0.2) is 41.1 Å². The van der Waals surface area contributed by atoms with Crippen LogP contribution >= 0.6 is 0 Å². The van der Waals surface area contributed by atoms with Crippen molar-refractivity contribution in [3.05, 3.63) is 29.8 Å². The van der Waals surface area contributed by atoms with E-state index in [0.717, 1.165) is 13.0 Å². The van der Waals surface area contributed by atoms with Gasteiger partial charge in [-0.05, 0) is 42.5 Å². The van der Waals surface area contributed by atoms with Crippen LogP contribution in [0.5, 0.6) is 5.75 Å². The summed E-state index contributed by atoms with van der Waals surface area (Å²) in [6, 6.07) is 6.45. The van der Waals surface area contributed by atoms with Crippen molar-refractivity contribution in [1.29, 1.82) is 0 Å². The second-order valence-electron chi connectivity index (χ2n) is 6.78. The van der Waals surface area contributed by atoms with Gasteiger partial charge in [0.15, 0.2) is 0 Å². The summed E-state index contributed by atoms with van der Waals surface area (Å²) in [5, 5.41) is 8.89. The maximum absolute atomic E-state index is 12.3. The van der Waals surface area contributed by atoms with Gasteiger partial charge in [0.1, 0.15) is 12.4 Å². The fraction of sp³-hybridized carbons (Fsp3) is 0.556. The van der Waals surface area contributed by atoms with Crippen LogP contribution in [0, 0.1) is 11.8 Å². The summed E-state index contributed by atoms with van der Waals surface area (Å²) in [4.78, 5) is 25.1. The molecule has 1 aliphatic heterocycles. The zero-order valence-corrected chi connectivity index (χ0v) is 14.0. The van der Waals surface area contributed by atoms with Crippen LogP contribution in [0.1, 0.15) is 44.0 Å². The minimum Gasteiger partial charge on any atom is -0.491 e. The van der Waals surface area contributed by atoms with Gasteiger partial charge >= 0.3 is 5.97 Å². The number of ether oxygens (including phenoxy) is 1. The lowest BCUT2D eigenvalue weighted by Gasteiger charge is -2.25. The number of nitrogens with zero attached hydrogens (tertiary/aromatic N) is 1. The smallest absolute Gasteiger partial charge is 0.335 e. The molecule has 1 amide bonds. The molecule has 1 aromatic rings. The Morgan fingerprint density at radius 1 is 1.30 bits per heavy atom. The lowest BCUT2D eigenvalue weighted by molar-refractivity contribution is -0.133. The summed E-state index contributed by atoms with van der Waals surface area (Å²) >= 11 is 0. The largest absolute Gasteiger partial charge is 0.491 e. The Kier molecular flexibility index (Phi) is 5.64. The van der Waals surface area contributed by atoms with E-state index in [4.69, 9.17) is 9.84 Å². The van der Waals surface area contributed by atoms with Crippen molar-refractivity contribution in [3.8, 4) is 5.75 Å². The number of carbonyl (C=O) groups is 2. The fourth-order valence-electron chi connectivity index (χ4n) is 2.97. The highest BCUT2D eigenvalue weighted by molar-refractivity contribution is 5.87. The molecule has 1 aliphatic rings. The third-order valence-corrected chi connectivity index (χ3v) is 4.07. The van der Waals surface area contributed by atoms with Crippen LogP contribution < -0.4 is 4.74 Å². The summed E-state index contributed by atoms with van der Waals surface area (Å²) < 4.78 is 5.77. The number of carboxylic acids is 1. The van der Waals surface area contributed by atoms with Gasteiger partial charge in [0.2, 0.25) is 5.91 Å². The van der Waals surface area contributed by atoms with Gasteiger partial charge in [0.05, 0.1) is 11.6 Å². The second kappa shape index (κ2) is 7.49. The molecule has 1 heterocycles. The minimum absolute atomic E-state index is 0.0930. The van der Waals surface area contributed by atoms with Crippen LogP contribution in [0.4, 0.5) is 0 Å². The van der Waals surface area contributed by atoms with Crippen molar-refractivity contribution in [2.24, 2.45) is 11.8 Å². The van der Waals surface area contributed by atoms with E-state index in [1.807, 2.05) is 18.7 Å². The van der Waals surface area contributed by atoms with E-state index in [1.165, 1.54) is 12.1 Å². The van der Waals surface area contributed by atoms with Crippen molar-refractivity contribution in [2.45, 2.75) is 39.7 Å². The number of aromatic carboxylic acids is 1. The van der Waals surface area contributed by atoms with E-state index in [0.29, 0.717) is 30.6 Å². The average molecular weight is 319 g/mol. The first-order valence-corrected chi connectivity index (χ1v) is 8.12. The molecule has 5 nitrogen and oxygen atoms in total. The molecule has 0 aromatic heterocycles. The van der Waals surface area contributed by atoms with Crippen molar-refractivity contribution in [1.82, 2.24) is 4.90 Å². The summed E-state index contributed by atoms with van der Waals surface area (Å²) in [5.74, 6) is 0.703. The molecular formula is C18H25NO4. The SMILES string of the molecule is CC(C)CC(=O)N1CC(C)CC1COc1ccc(C(=O)O)cc1. The van der Waals surface area contributed by atoms with Gasteiger partial charge in [0.25, 0.3) is 0 Å². The monoisotopic (exact) mass is 319 g/mol.